The standard InChI is InChI=1S/C14H19ClN2O4/c15-12-1-2-14(17(19)20)11(9-12)10-16-5-3-13(4-6-16)21-8-7-18/h1-2,9,13,18H,3-8,10H2. The topological polar surface area (TPSA) is 75.8 Å². The van der Waals surface area contributed by atoms with Gasteiger partial charge in [-0.05, 0) is 25.0 Å². The van der Waals surface area contributed by atoms with Crippen molar-refractivity contribution in [1.82, 2.24) is 4.90 Å². The molecular weight excluding hydrogens is 296 g/mol. The smallest absolute Gasteiger partial charge is 0.273 e. The Kier molecular flexibility index (Phi) is 5.93. The zero-order valence-electron chi connectivity index (χ0n) is 11.7. The summed E-state index contributed by atoms with van der Waals surface area (Å²) in [6.45, 7) is 2.56. The largest absolute Gasteiger partial charge is 0.394 e. The fourth-order valence-corrected chi connectivity index (χ4v) is 2.75. The van der Waals surface area contributed by atoms with Gasteiger partial charge in [-0.3, -0.25) is 15.0 Å². The van der Waals surface area contributed by atoms with Crippen molar-refractivity contribution < 1.29 is 14.8 Å². The van der Waals surface area contributed by atoms with E-state index in [4.69, 9.17) is 21.4 Å². The number of piperidine rings is 1. The Labute approximate surface area is 128 Å². The van der Waals surface area contributed by atoms with Crippen LogP contribution >= 0.6 is 11.6 Å². The van der Waals surface area contributed by atoms with Crippen LogP contribution in [0, 0.1) is 10.1 Å². The van der Waals surface area contributed by atoms with Crippen molar-refractivity contribution >= 4 is 17.3 Å². The third-order valence-corrected chi connectivity index (χ3v) is 3.85. The second-order valence-electron chi connectivity index (χ2n) is 5.10. The number of rotatable bonds is 6. The molecule has 0 spiro atoms. The van der Waals surface area contributed by atoms with Gasteiger partial charge in [0.2, 0.25) is 0 Å². The van der Waals surface area contributed by atoms with E-state index in [-0.39, 0.29) is 23.3 Å². The van der Waals surface area contributed by atoms with Gasteiger partial charge in [0.25, 0.3) is 5.69 Å². The minimum Gasteiger partial charge on any atom is -0.394 e. The molecule has 1 aromatic rings. The second-order valence-corrected chi connectivity index (χ2v) is 5.54. The third kappa shape index (κ3) is 4.64. The van der Waals surface area contributed by atoms with E-state index < -0.39 is 0 Å². The van der Waals surface area contributed by atoms with Crippen molar-refractivity contribution in [2.75, 3.05) is 26.3 Å². The normalized spacial score (nSPS) is 17.0. The molecule has 0 bridgehead atoms. The fraction of sp³-hybridized carbons (Fsp3) is 0.571. The van der Waals surface area contributed by atoms with Crippen LogP contribution in [-0.2, 0) is 11.3 Å². The summed E-state index contributed by atoms with van der Waals surface area (Å²) < 4.78 is 5.51. The van der Waals surface area contributed by atoms with E-state index in [0.29, 0.717) is 23.7 Å². The van der Waals surface area contributed by atoms with Crippen LogP contribution in [0.1, 0.15) is 18.4 Å². The summed E-state index contributed by atoms with van der Waals surface area (Å²) in [5.41, 5.74) is 0.750. The summed E-state index contributed by atoms with van der Waals surface area (Å²) in [4.78, 5) is 12.8. The van der Waals surface area contributed by atoms with Gasteiger partial charge in [-0.25, -0.2) is 0 Å². The van der Waals surface area contributed by atoms with E-state index in [0.717, 1.165) is 25.9 Å². The highest BCUT2D eigenvalue weighted by atomic mass is 35.5. The average Bonchev–Trinajstić information content (AvgIpc) is 2.46. The van der Waals surface area contributed by atoms with Gasteiger partial charge < -0.3 is 9.84 Å². The van der Waals surface area contributed by atoms with E-state index in [9.17, 15) is 10.1 Å². The summed E-state index contributed by atoms with van der Waals surface area (Å²) in [5, 5.41) is 20.3. The molecule has 2 rings (SSSR count). The number of benzene rings is 1. The molecule has 1 aliphatic heterocycles. The Morgan fingerprint density at radius 1 is 1.43 bits per heavy atom. The Balaban J connectivity index is 1.94. The van der Waals surface area contributed by atoms with Crippen molar-refractivity contribution in [2.45, 2.75) is 25.5 Å². The molecule has 1 heterocycles. The molecular formula is C14H19ClN2O4. The molecule has 21 heavy (non-hydrogen) atoms. The molecule has 0 aromatic heterocycles. The Bertz CT molecular complexity index is 490. The van der Waals surface area contributed by atoms with Gasteiger partial charge in [-0.15, -0.1) is 0 Å². The van der Waals surface area contributed by atoms with Crippen molar-refractivity contribution in [3.8, 4) is 0 Å². The average molecular weight is 315 g/mol. The van der Waals surface area contributed by atoms with Crippen LogP contribution in [0.4, 0.5) is 5.69 Å². The van der Waals surface area contributed by atoms with Crippen LogP contribution in [0.15, 0.2) is 18.2 Å². The van der Waals surface area contributed by atoms with Crippen LogP contribution in [0.5, 0.6) is 0 Å². The van der Waals surface area contributed by atoms with Gasteiger partial charge in [0.05, 0.1) is 24.2 Å². The molecule has 0 aliphatic carbocycles. The van der Waals surface area contributed by atoms with Gasteiger partial charge in [0.15, 0.2) is 0 Å². The summed E-state index contributed by atoms with van der Waals surface area (Å²) >= 11 is 5.93. The maximum atomic E-state index is 11.0. The molecule has 7 heteroatoms. The van der Waals surface area contributed by atoms with E-state index >= 15 is 0 Å². The Morgan fingerprint density at radius 2 is 2.14 bits per heavy atom. The number of nitro groups is 1. The molecule has 1 aromatic carbocycles. The Hall–Kier alpha value is -1.21. The number of hydrogen-bond donors (Lipinski definition) is 1. The predicted octanol–water partition coefficient (Wildman–Crippen LogP) is 2.22. The molecule has 6 nitrogen and oxygen atoms in total. The predicted molar refractivity (Wildman–Crippen MR) is 79.4 cm³/mol. The lowest BCUT2D eigenvalue weighted by Gasteiger charge is -2.31. The molecule has 1 fully saturated rings. The molecule has 116 valence electrons. The van der Waals surface area contributed by atoms with E-state index in [1.807, 2.05) is 0 Å². The maximum absolute atomic E-state index is 11.0. The van der Waals surface area contributed by atoms with Crippen molar-refractivity contribution in [1.29, 1.82) is 0 Å². The fourth-order valence-electron chi connectivity index (χ4n) is 2.55. The van der Waals surface area contributed by atoms with Crippen LogP contribution in [-0.4, -0.2) is 47.3 Å². The molecule has 1 aliphatic rings. The molecule has 0 atom stereocenters. The minimum absolute atomic E-state index is 0.0366. The monoisotopic (exact) mass is 314 g/mol. The third-order valence-electron chi connectivity index (χ3n) is 3.61. The van der Waals surface area contributed by atoms with E-state index in [1.54, 1.807) is 6.07 Å². The number of aliphatic hydroxyl groups is 1. The molecule has 1 N–H and O–H groups in total. The Morgan fingerprint density at radius 3 is 2.76 bits per heavy atom. The van der Waals surface area contributed by atoms with Crippen molar-refractivity contribution in [2.24, 2.45) is 0 Å². The first kappa shape index (κ1) is 16.2. The minimum atomic E-state index is -0.372. The summed E-state index contributed by atoms with van der Waals surface area (Å²) in [5.74, 6) is 0. The quantitative estimate of drug-likeness (QED) is 0.643. The van der Waals surface area contributed by atoms with Crippen molar-refractivity contribution in [3.05, 3.63) is 38.9 Å². The zero-order chi connectivity index (χ0) is 15.2. The molecule has 0 unspecified atom stereocenters. The van der Waals surface area contributed by atoms with E-state index in [2.05, 4.69) is 4.90 Å². The number of nitrogens with zero attached hydrogens (tertiary/aromatic N) is 2. The highest BCUT2D eigenvalue weighted by Crippen LogP contribution is 2.25. The first-order chi connectivity index (χ1) is 10.1. The van der Waals surface area contributed by atoms with Crippen LogP contribution < -0.4 is 0 Å². The van der Waals surface area contributed by atoms with Crippen LogP contribution in [0.2, 0.25) is 5.02 Å². The molecule has 1 saturated heterocycles. The first-order valence-corrected chi connectivity index (χ1v) is 7.35. The van der Waals surface area contributed by atoms with Crippen LogP contribution in [0.25, 0.3) is 0 Å². The lowest BCUT2D eigenvalue weighted by Crippen LogP contribution is -2.37. The number of nitro benzene ring substituents is 1. The maximum Gasteiger partial charge on any atom is 0.273 e. The number of likely N-dealkylation sites (tertiary alicyclic amines) is 1. The van der Waals surface area contributed by atoms with Gasteiger partial charge in [0.1, 0.15) is 0 Å². The molecule has 0 amide bonds. The zero-order valence-corrected chi connectivity index (χ0v) is 12.5. The highest BCUT2D eigenvalue weighted by molar-refractivity contribution is 6.30. The van der Waals surface area contributed by atoms with Gasteiger partial charge in [0, 0.05) is 36.3 Å². The SMILES string of the molecule is O=[N+]([O-])c1ccc(Cl)cc1CN1CCC(OCCO)CC1. The first-order valence-electron chi connectivity index (χ1n) is 6.98. The number of halogens is 1. The van der Waals surface area contributed by atoms with Crippen molar-refractivity contribution in [3.63, 3.8) is 0 Å². The molecule has 0 saturated carbocycles. The van der Waals surface area contributed by atoms with E-state index in [1.165, 1.54) is 12.1 Å². The number of hydrogen-bond acceptors (Lipinski definition) is 5. The lowest BCUT2D eigenvalue weighted by molar-refractivity contribution is -0.385. The van der Waals surface area contributed by atoms with Gasteiger partial charge >= 0.3 is 0 Å². The molecule has 0 radical (unpaired) electrons. The van der Waals surface area contributed by atoms with Gasteiger partial charge in [-0.2, -0.15) is 0 Å². The number of aliphatic hydroxyl groups excluding tert-OH is 1. The summed E-state index contributed by atoms with van der Waals surface area (Å²) in [6.07, 6.45) is 1.91. The second kappa shape index (κ2) is 7.70. The van der Waals surface area contributed by atoms with Gasteiger partial charge in [-0.1, -0.05) is 11.6 Å². The number of ether oxygens (including phenoxy) is 1. The summed E-state index contributed by atoms with van der Waals surface area (Å²) in [6, 6.07) is 4.65. The lowest BCUT2D eigenvalue weighted by atomic mass is 10.1. The summed E-state index contributed by atoms with van der Waals surface area (Å²) in [7, 11) is 0. The van der Waals surface area contributed by atoms with Crippen LogP contribution in [0.3, 0.4) is 0 Å². The highest BCUT2D eigenvalue weighted by Gasteiger charge is 2.22.